The van der Waals surface area contributed by atoms with Crippen LogP contribution >= 0.6 is 40.3 Å². The highest BCUT2D eigenvalue weighted by Crippen LogP contribution is 2.38. The number of carbonyl (C=O) groups is 1. The molecule has 0 aliphatic rings. The monoisotopic (exact) mass is 562 g/mol. The van der Waals surface area contributed by atoms with E-state index >= 15 is 0 Å². The number of aromatic nitrogens is 3. The topological polar surface area (TPSA) is 86.8 Å². The average Bonchev–Trinajstić information content (AvgIpc) is 3.13. The standard InChI is InChI=1S/C23H21BrClFN6OS/c1-13-8-14(12-27)9-15(10-17(26)22(33)29-23(2,3)4)20(13)32(34)19-11-18(24)30-31(19)21-16(25)6-5-7-28-21/h5-11,34H,1-4H3,(H,29,33)/b17-10-. The second-order valence-electron chi connectivity index (χ2n) is 8.40. The van der Waals surface area contributed by atoms with Gasteiger partial charge in [-0.15, -0.1) is 0 Å². The highest BCUT2D eigenvalue weighted by molar-refractivity contribution is 9.10. The zero-order chi connectivity index (χ0) is 25.2. The van der Waals surface area contributed by atoms with E-state index in [-0.39, 0.29) is 5.56 Å². The van der Waals surface area contributed by atoms with Gasteiger partial charge in [0.1, 0.15) is 10.4 Å². The molecule has 0 atom stereocenters. The SMILES string of the molecule is Cc1cc(C#N)cc(/C=C(\F)C(=O)NC(C)(C)C)c1N(S)c1cc(Br)nn1-c1ncccc1Cl. The van der Waals surface area contributed by atoms with Gasteiger partial charge < -0.3 is 5.32 Å². The molecule has 3 rings (SSSR count). The second kappa shape index (κ2) is 10.2. The molecule has 176 valence electrons. The third-order valence-corrected chi connectivity index (χ3v) is 5.56. The molecule has 1 amide bonds. The number of rotatable bonds is 5. The number of hydrogen-bond donors (Lipinski definition) is 2. The Hall–Kier alpha value is -2.87. The van der Waals surface area contributed by atoms with Crippen LogP contribution in [0.4, 0.5) is 15.9 Å². The molecule has 1 aromatic carbocycles. The summed E-state index contributed by atoms with van der Waals surface area (Å²) in [6.07, 6.45) is 2.66. The van der Waals surface area contributed by atoms with Gasteiger partial charge in [0, 0.05) is 23.4 Å². The number of carbonyl (C=O) groups excluding carboxylic acids is 1. The Bertz CT molecular complexity index is 1330. The molecule has 0 radical (unpaired) electrons. The highest BCUT2D eigenvalue weighted by Gasteiger charge is 2.23. The van der Waals surface area contributed by atoms with Crippen LogP contribution in [0.2, 0.25) is 5.02 Å². The van der Waals surface area contributed by atoms with Gasteiger partial charge in [-0.05, 0) is 79.5 Å². The number of nitrogens with zero attached hydrogens (tertiary/aromatic N) is 5. The first-order chi connectivity index (χ1) is 15.9. The molecule has 2 aromatic heterocycles. The summed E-state index contributed by atoms with van der Waals surface area (Å²) in [4.78, 5) is 16.6. The van der Waals surface area contributed by atoms with E-state index in [9.17, 15) is 14.4 Å². The molecule has 0 aliphatic carbocycles. The van der Waals surface area contributed by atoms with Gasteiger partial charge >= 0.3 is 0 Å². The molecule has 0 fully saturated rings. The maximum atomic E-state index is 14.9. The number of anilines is 2. The number of nitriles is 1. The van der Waals surface area contributed by atoms with Crippen molar-refractivity contribution in [3.63, 3.8) is 0 Å². The lowest BCUT2D eigenvalue weighted by molar-refractivity contribution is -0.120. The van der Waals surface area contributed by atoms with Crippen LogP contribution in [-0.2, 0) is 4.79 Å². The van der Waals surface area contributed by atoms with Gasteiger partial charge in [-0.3, -0.25) is 9.10 Å². The van der Waals surface area contributed by atoms with Crippen LogP contribution in [0.5, 0.6) is 0 Å². The minimum Gasteiger partial charge on any atom is -0.345 e. The van der Waals surface area contributed by atoms with E-state index in [0.717, 1.165) is 6.08 Å². The Morgan fingerprint density at radius 1 is 1.38 bits per heavy atom. The van der Waals surface area contributed by atoms with E-state index < -0.39 is 17.3 Å². The van der Waals surface area contributed by atoms with Gasteiger partial charge in [-0.25, -0.2) is 9.37 Å². The number of amides is 1. The molecule has 0 spiro atoms. The number of hydrogen-bond acceptors (Lipinski definition) is 6. The summed E-state index contributed by atoms with van der Waals surface area (Å²) in [5.74, 6) is -1.06. The zero-order valence-corrected chi connectivity index (χ0v) is 22.0. The predicted octanol–water partition coefficient (Wildman–Crippen LogP) is 6.07. The molecule has 0 aliphatic heterocycles. The fourth-order valence-corrected chi connectivity index (χ4v) is 4.15. The Labute approximate surface area is 215 Å². The fourth-order valence-electron chi connectivity index (χ4n) is 3.17. The summed E-state index contributed by atoms with van der Waals surface area (Å²) in [5.41, 5.74) is 1.04. The molecular weight excluding hydrogens is 543 g/mol. The molecule has 11 heteroatoms. The van der Waals surface area contributed by atoms with Crippen molar-refractivity contribution >= 4 is 63.8 Å². The van der Waals surface area contributed by atoms with E-state index in [1.165, 1.54) is 15.1 Å². The van der Waals surface area contributed by atoms with Gasteiger partial charge in [0.05, 0.1) is 22.3 Å². The maximum absolute atomic E-state index is 14.9. The summed E-state index contributed by atoms with van der Waals surface area (Å²) >= 11 is 14.4. The van der Waals surface area contributed by atoms with Gasteiger partial charge in [-0.1, -0.05) is 24.4 Å². The summed E-state index contributed by atoms with van der Waals surface area (Å²) in [5, 5.41) is 16.8. The van der Waals surface area contributed by atoms with Crippen molar-refractivity contribution in [2.75, 3.05) is 4.31 Å². The van der Waals surface area contributed by atoms with Crippen LogP contribution in [0.25, 0.3) is 11.9 Å². The van der Waals surface area contributed by atoms with Crippen molar-refractivity contribution in [3.8, 4) is 11.9 Å². The summed E-state index contributed by atoms with van der Waals surface area (Å²) in [6.45, 7) is 7.01. The molecular formula is C23H21BrClFN6OS. The van der Waals surface area contributed by atoms with E-state index in [4.69, 9.17) is 11.6 Å². The third-order valence-electron chi connectivity index (χ3n) is 4.48. The first kappa shape index (κ1) is 25.7. The van der Waals surface area contributed by atoms with E-state index in [1.54, 1.807) is 58.2 Å². The van der Waals surface area contributed by atoms with Crippen LogP contribution in [0.1, 0.15) is 37.5 Å². The van der Waals surface area contributed by atoms with E-state index in [1.807, 2.05) is 0 Å². The van der Waals surface area contributed by atoms with Gasteiger partial charge in [0.2, 0.25) is 0 Å². The highest BCUT2D eigenvalue weighted by atomic mass is 79.9. The van der Waals surface area contributed by atoms with Crippen LogP contribution in [0.15, 0.2) is 47.0 Å². The molecule has 2 heterocycles. The van der Waals surface area contributed by atoms with Crippen molar-refractivity contribution in [2.45, 2.75) is 33.2 Å². The second-order valence-corrected chi connectivity index (χ2v) is 10.0. The number of thiol groups is 1. The molecule has 1 N–H and O–H groups in total. The molecule has 0 unspecified atom stereocenters. The molecule has 0 bridgehead atoms. The van der Waals surface area contributed by atoms with Crippen molar-refractivity contribution in [3.05, 3.63) is 68.7 Å². The Kier molecular flexibility index (Phi) is 7.70. The lowest BCUT2D eigenvalue weighted by Gasteiger charge is -2.23. The van der Waals surface area contributed by atoms with E-state index in [2.05, 4.69) is 50.2 Å². The quantitative estimate of drug-likeness (QED) is 0.291. The first-order valence-electron chi connectivity index (χ1n) is 10.0. The van der Waals surface area contributed by atoms with Crippen molar-refractivity contribution in [1.82, 2.24) is 20.1 Å². The Morgan fingerprint density at radius 2 is 2.09 bits per heavy atom. The van der Waals surface area contributed by atoms with Crippen molar-refractivity contribution in [1.29, 1.82) is 5.26 Å². The van der Waals surface area contributed by atoms with Gasteiger partial charge in [-0.2, -0.15) is 15.0 Å². The number of aryl methyl sites for hydroxylation is 1. The lowest BCUT2D eigenvalue weighted by Crippen LogP contribution is -2.40. The molecule has 3 aromatic rings. The van der Waals surface area contributed by atoms with Crippen molar-refractivity contribution in [2.24, 2.45) is 0 Å². The number of benzene rings is 1. The molecule has 0 saturated carbocycles. The van der Waals surface area contributed by atoms with Gasteiger partial charge in [0.15, 0.2) is 11.6 Å². The number of nitrogens with one attached hydrogen (secondary N) is 1. The third kappa shape index (κ3) is 5.78. The van der Waals surface area contributed by atoms with Crippen LogP contribution < -0.4 is 9.62 Å². The fraction of sp³-hybridized carbons (Fsp3) is 0.217. The normalized spacial score (nSPS) is 11.8. The van der Waals surface area contributed by atoms with Crippen LogP contribution in [0.3, 0.4) is 0 Å². The van der Waals surface area contributed by atoms with Crippen molar-refractivity contribution < 1.29 is 9.18 Å². The summed E-state index contributed by atoms with van der Waals surface area (Å²) in [6, 6.07) is 10.2. The molecule has 0 saturated heterocycles. The molecule has 34 heavy (non-hydrogen) atoms. The smallest absolute Gasteiger partial charge is 0.280 e. The minimum atomic E-state index is -1.00. The molecule has 7 nitrogen and oxygen atoms in total. The van der Waals surface area contributed by atoms with Gasteiger partial charge in [0.25, 0.3) is 5.91 Å². The maximum Gasteiger partial charge on any atom is 0.280 e. The van der Waals surface area contributed by atoms with Crippen LogP contribution in [0, 0.1) is 18.3 Å². The lowest BCUT2D eigenvalue weighted by atomic mass is 10.0. The minimum absolute atomic E-state index is 0.282. The average molecular weight is 564 g/mol. The number of halogens is 3. The largest absolute Gasteiger partial charge is 0.345 e. The van der Waals surface area contributed by atoms with Crippen LogP contribution in [-0.4, -0.2) is 26.2 Å². The summed E-state index contributed by atoms with van der Waals surface area (Å²) < 4.78 is 18.3. The Morgan fingerprint density at radius 3 is 2.71 bits per heavy atom. The zero-order valence-electron chi connectivity index (χ0n) is 18.8. The van der Waals surface area contributed by atoms with E-state index in [0.29, 0.717) is 38.1 Å². The first-order valence-corrected chi connectivity index (χ1v) is 11.6. The number of pyridine rings is 1. The Balaban J connectivity index is 2.17. The predicted molar refractivity (Wildman–Crippen MR) is 138 cm³/mol. The summed E-state index contributed by atoms with van der Waals surface area (Å²) in [7, 11) is 0.